The van der Waals surface area contributed by atoms with E-state index in [4.69, 9.17) is 55.0 Å². The van der Waals surface area contributed by atoms with Crippen LogP contribution in [0.1, 0.15) is 104 Å². The Morgan fingerprint density at radius 3 is 2.19 bits per heavy atom. The summed E-state index contributed by atoms with van der Waals surface area (Å²) in [6.07, 6.45) is 11.0. The third-order valence-electron chi connectivity index (χ3n) is 11.5. The average Bonchev–Trinajstić information content (AvgIpc) is 4.45. The van der Waals surface area contributed by atoms with Crippen LogP contribution >= 0.6 is 66.4 Å². The lowest BCUT2D eigenvalue weighted by atomic mass is 10.0. The number of ether oxygens (including phenoxy) is 2. The Hall–Kier alpha value is -7.57. The second-order valence-corrected chi connectivity index (χ2v) is 22.7. The van der Waals surface area contributed by atoms with Crippen LogP contribution in [0.2, 0.25) is 10.6 Å². The molecule has 1 fully saturated rings. The SMILES string of the molecule is C.C.C/C=C\C(N)=C/N.CC(=O)c1cc2ccc(Br)cc2[nH]1.CC(C)(C)OC(=O)C1N=Cc2cc(Nc3ccnc(Cl)n3)ccc21.Cc1nc(Cl)nc(Nc2ccc3[nH]ncc3c2)c1C.NC1CCOC1.O=C(O)c1cc2ccc(Br)cc2s1. The number of aryl methyl sites for hydroxylation is 1. The summed E-state index contributed by atoms with van der Waals surface area (Å²) >= 11 is 19.7. The molecule has 2 atom stereocenters. The number of aromatic amines is 2. The van der Waals surface area contributed by atoms with E-state index in [9.17, 15) is 14.4 Å². The number of carbonyl (C=O) groups excluding carboxylic acids is 2. The van der Waals surface area contributed by atoms with Gasteiger partial charge in [0.05, 0.1) is 24.0 Å². The summed E-state index contributed by atoms with van der Waals surface area (Å²) < 4.78 is 13.3. The molecule has 0 amide bonds. The lowest BCUT2D eigenvalue weighted by Gasteiger charge is -2.21. The number of rotatable bonds is 8. The molecule has 5 aromatic heterocycles. The molecule has 7 heterocycles. The van der Waals surface area contributed by atoms with Gasteiger partial charge in [-0.25, -0.2) is 29.5 Å². The van der Waals surface area contributed by atoms with Crippen LogP contribution in [0.25, 0.3) is 31.9 Å². The zero-order valence-electron chi connectivity index (χ0n) is 45.7. The maximum Gasteiger partial charge on any atom is 0.345 e. The van der Waals surface area contributed by atoms with E-state index in [0.29, 0.717) is 28.1 Å². The highest BCUT2D eigenvalue weighted by Crippen LogP contribution is 2.32. The Labute approximate surface area is 519 Å². The minimum atomic E-state index is -0.864. The first-order chi connectivity index (χ1) is 39.0. The van der Waals surface area contributed by atoms with E-state index in [1.807, 2.05) is 126 Å². The van der Waals surface area contributed by atoms with Gasteiger partial charge < -0.3 is 47.4 Å². The average molecular weight is 1330 g/mol. The number of carboxylic acids is 1. The number of hydrogen-bond donors (Lipinski definition) is 8. The molecular formula is C60H69Br2Cl2N13O6S. The molecule has 0 radical (unpaired) electrons. The standard InChI is InChI=1S/C17H17ClN4O2.C13H12ClN5.C10H8BrNO.C9H5BrO2S.C5H10N2.C4H9NO.2CH4/c1-17(2,3)24-15(23)14-12-5-4-11(8-10(12)9-20-14)21-13-6-7-19-16(18)22-13;1-7-8(2)16-13(14)18-12(7)17-10-3-4-11-9(5-10)6-15-19-11;1-6(13)9-4-7-2-3-8(11)5-10(7)12-9;10-6-2-1-5-3-8(9(11)12)13-7(5)4-6;1-2-3-5(7)4-6;5-4-1-2-6-3-4;;/h4-9,14H,1-3H3,(H,19,21,22);3-6H,1-2H3,(H,15,19)(H,16,17,18);2-5,12H,1H3;1-4H,(H,11,12);2-4H,6-7H2,1H3;4H,1-3,5H2;2*1H4/b;;;;3-2-,5-4+;;;. The van der Waals surface area contributed by atoms with Gasteiger partial charge in [0.15, 0.2) is 11.8 Å². The number of halogens is 4. The molecule has 0 spiro atoms. The number of nitrogens with one attached hydrogen (secondary N) is 4. The summed E-state index contributed by atoms with van der Waals surface area (Å²) in [6, 6.07) is 28.2. The number of esters is 1. The van der Waals surface area contributed by atoms with Gasteiger partial charge in [0.1, 0.15) is 22.1 Å². The van der Waals surface area contributed by atoms with Crippen molar-refractivity contribution in [2.45, 2.75) is 87.4 Å². The van der Waals surface area contributed by atoms with Crippen molar-refractivity contribution in [3.05, 3.63) is 180 Å². The van der Waals surface area contributed by atoms with Gasteiger partial charge in [-0.05, 0) is 161 Å². The van der Waals surface area contributed by atoms with Crippen LogP contribution in [0.3, 0.4) is 0 Å². The number of allylic oxidation sites excluding steroid dienone is 2. The number of H-pyrrole nitrogens is 2. The molecule has 9 aromatic rings. The molecular weight excluding hydrogens is 1260 g/mol. The summed E-state index contributed by atoms with van der Waals surface area (Å²) in [4.78, 5) is 57.9. The van der Waals surface area contributed by atoms with E-state index in [1.165, 1.54) is 17.5 Å². The van der Waals surface area contributed by atoms with Crippen molar-refractivity contribution in [1.29, 1.82) is 0 Å². The quantitative estimate of drug-likeness (QED) is 0.0303. The van der Waals surface area contributed by atoms with E-state index in [0.717, 1.165) is 100 Å². The van der Waals surface area contributed by atoms with E-state index >= 15 is 0 Å². The molecule has 24 heteroatoms. The molecule has 0 bridgehead atoms. The van der Waals surface area contributed by atoms with Crippen LogP contribution < -0.4 is 27.8 Å². The highest BCUT2D eigenvalue weighted by molar-refractivity contribution is 9.10. The molecule has 19 nitrogen and oxygen atoms in total. The maximum absolute atomic E-state index is 12.3. The van der Waals surface area contributed by atoms with Crippen molar-refractivity contribution in [3.63, 3.8) is 0 Å². The van der Waals surface area contributed by atoms with E-state index < -0.39 is 17.6 Å². The highest BCUT2D eigenvalue weighted by atomic mass is 79.9. The topological polar surface area (TPSA) is 300 Å². The van der Waals surface area contributed by atoms with Gasteiger partial charge >= 0.3 is 11.9 Å². The van der Waals surface area contributed by atoms with Crippen LogP contribution in [-0.4, -0.2) is 89.0 Å². The number of Topliss-reactive ketones (excluding diaryl/α,β-unsaturated/α-hetero) is 1. The zero-order valence-corrected chi connectivity index (χ0v) is 51.2. The molecule has 11 rings (SSSR count). The second kappa shape index (κ2) is 32.5. The van der Waals surface area contributed by atoms with Crippen LogP contribution in [-0.2, 0) is 14.3 Å². The van der Waals surface area contributed by atoms with E-state index in [1.54, 1.807) is 43.7 Å². The van der Waals surface area contributed by atoms with E-state index in [-0.39, 0.29) is 37.2 Å². The minimum absolute atomic E-state index is 0. The van der Waals surface area contributed by atoms with Crippen LogP contribution in [0, 0.1) is 13.8 Å². The molecule has 11 N–H and O–H groups in total. The molecule has 4 aromatic carbocycles. The number of aromatic carboxylic acids is 1. The maximum atomic E-state index is 12.3. The first-order valence-electron chi connectivity index (χ1n) is 25.2. The Morgan fingerprint density at radius 1 is 0.869 bits per heavy atom. The summed E-state index contributed by atoms with van der Waals surface area (Å²) in [5.74, 6) is 0.166. The molecule has 444 valence electrons. The van der Waals surface area contributed by atoms with Gasteiger partial charge in [0, 0.05) is 102 Å². The lowest BCUT2D eigenvalue weighted by Crippen LogP contribution is -2.26. The van der Waals surface area contributed by atoms with Gasteiger partial charge in [-0.2, -0.15) is 5.10 Å². The molecule has 84 heavy (non-hydrogen) atoms. The van der Waals surface area contributed by atoms with Crippen molar-refractivity contribution >= 4 is 145 Å². The first-order valence-corrected chi connectivity index (χ1v) is 28.4. The highest BCUT2D eigenvalue weighted by Gasteiger charge is 2.30. The van der Waals surface area contributed by atoms with Gasteiger partial charge in [-0.3, -0.25) is 14.9 Å². The van der Waals surface area contributed by atoms with Crippen molar-refractivity contribution in [2.24, 2.45) is 22.2 Å². The fourth-order valence-corrected chi connectivity index (χ4v) is 9.59. The number of nitrogens with zero attached hydrogens (tertiary/aromatic N) is 6. The lowest BCUT2D eigenvalue weighted by molar-refractivity contribution is -0.156. The molecule has 2 aliphatic heterocycles. The number of thiophene rings is 1. The Morgan fingerprint density at radius 2 is 1.57 bits per heavy atom. The number of carbonyl (C=O) groups is 3. The van der Waals surface area contributed by atoms with Crippen LogP contribution in [0.15, 0.2) is 141 Å². The Bertz CT molecular complexity index is 3690. The second-order valence-electron chi connectivity index (χ2n) is 19.1. The Kier molecular flexibility index (Phi) is 26.6. The molecule has 0 saturated carbocycles. The van der Waals surface area contributed by atoms with Crippen LogP contribution in [0.4, 0.5) is 23.0 Å². The van der Waals surface area contributed by atoms with Crippen molar-refractivity contribution < 1.29 is 29.0 Å². The number of fused-ring (bicyclic) bond motifs is 4. The van der Waals surface area contributed by atoms with Crippen LogP contribution in [0.5, 0.6) is 0 Å². The predicted molar refractivity (Wildman–Crippen MR) is 349 cm³/mol. The monoisotopic (exact) mass is 1330 g/mol. The summed E-state index contributed by atoms with van der Waals surface area (Å²) in [6.45, 7) is 14.5. The predicted octanol–water partition coefficient (Wildman–Crippen LogP) is 14.9. The smallest absolute Gasteiger partial charge is 0.345 e. The number of carboxylic acid groups (broad SMARTS) is 1. The number of hydrogen-bond acceptors (Lipinski definition) is 17. The van der Waals surface area contributed by atoms with Crippen molar-refractivity contribution in [2.75, 3.05) is 23.8 Å². The number of aromatic nitrogens is 7. The Balaban J connectivity index is 0.000000227. The molecule has 1 saturated heterocycles. The summed E-state index contributed by atoms with van der Waals surface area (Å²) in [5.41, 5.74) is 23.7. The van der Waals surface area contributed by atoms with Gasteiger partial charge in [-0.1, -0.05) is 71.0 Å². The molecule has 0 aliphatic carbocycles. The summed E-state index contributed by atoms with van der Waals surface area (Å²) in [7, 11) is 0. The van der Waals surface area contributed by atoms with Crippen molar-refractivity contribution in [3.8, 4) is 0 Å². The molecule has 2 unspecified atom stereocenters. The van der Waals surface area contributed by atoms with E-state index in [2.05, 4.69) is 82.6 Å². The van der Waals surface area contributed by atoms with Gasteiger partial charge in [0.25, 0.3) is 0 Å². The largest absolute Gasteiger partial charge is 0.477 e. The number of anilines is 4. The fourth-order valence-electron chi connectivity index (χ4n) is 7.42. The van der Waals surface area contributed by atoms with Gasteiger partial charge in [0.2, 0.25) is 10.6 Å². The first kappa shape index (κ1) is 68.9. The van der Waals surface area contributed by atoms with Crippen molar-refractivity contribution in [1.82, 2.24) is 35.1 Å². The third-order valence-corrected chi connectivity index (χ3v) is 13.9. The zero-order chi connectivity index (χ0) is 59.7. The van der Waals surface area contributed by atoms with Gasteiger partial charge in [-0.15, -0.1) is 11.3 Å². The normalized spacial score (nSPS) is 13.8. The number of benzene rings is 4. The number of nitrogens with two attached hydrogens (primary N) is 3. The minimum Gasteiger partial charge on any atom is -0.477 e. The third kappa shape index (κ3) is 20.9. The number of aliphatic imine (C=N–C) groups is 1. The fraction of sp³-hybridized carbons (Fsp3) is 0.250. The molecule has 2 aliphatic rings. The summed E-state index contributed by atoms with van der Waals surface area (Å²) in [5, 5.41) is 25.6. The number of ketones is 1.